The van der Waals surface area contributed by atoms with E-state index in [0.717, 1.165) is 11.3 Å². The quantitative estimate of drug-likeness (QED) is 0.869. The van der Waals surface area contributed by atoms with Crippen LogP contribution >= 0.6 is 0 Å². The number of aromatic nitrogens is 3. The maximum Gasteiger partial charge on any atom is 0.238 e. The molecule has 6 heteroatoms. The van der Waals surface area contributed by atoms with Crippen LogP contribution in [-0.4, -0.2) is 27.4 Å². The Labute approximate surface area is 111 Å². The largest absolute Gasteiger partial charge is 0.324 e. The highest BCUT2D eigenvalue weighted by molar-refractivity contribution is 5.95. The van der Waals surface area contributed by atoms with Crippen molar-refractivity contribution in [2.24, 2.45) is 5.73 Å². The number of para-hydroxylation sites is 1. The number of carbonyl (C=O) groups is 1. The number of nitrogens with two attached hydrogens (primary N) is 1. The molecule has 1 amide bonds. The zero-order valence-corrected chi connectivity index (χ0v) is 11.0. The van der Waals surface area contributed by atoms with Gasteiger partial charge in [0.2, 0.25) is 5.91 Å². The molecule has 6 nitrogen and oxygen atoms in total. The molecule has 0 aliphatic rings. The van der Waals surface area contributed by atoms with E-state index in [0.29, 0.717) is 5.69 Å². The maximum atomic E-state index is 11.4. The van der Waals surface area contributed by atoms with Crippen LogP contribution in [0.2, 0.25) is 0 Å². The SMILES string of the molecule is CC(C)n1cc(-c2ccccc2NC(=O)CN)nn1. The van der Waals surface area contributed by atoms with Gasteiger partial charge in [-0.2, -0.15) is 0 Å². The van der Waals surface area contributed by atoms with Crippen LogP contribution in [0.1, 0.15) is 19.9 Å². The number of nitrogens with zero attached hydrogens (tertiary/aromatic N) is 3. The van der Waals surface area contributed by atoms with Gasteiger partial charge in [-0.05, 0) is 19.9 Å². The molecule has 2 rings (SSSR count). The summed E-state index contributed by atoms with van der Waals surface area (Å²) in [4.78, 5) is 11.4. The van der Waals surface area contributed by atoms with Crippen LogP contribution in [-0.2, 0) is 4.79 Å². The van der Waals surface area contributed by atoms with E-state index in [4.69, 9.17) is 5.73 Å². The molecule has 1 heterocycles. The number of hydrogen-bond donors (Lipinski definition) is 2. The Hall–Kier alpha value is -2.21. The summed E-state index contributed by atoms with van der Waals surface area (Å²) < 4.78 is 1.77. The smallest absolute Gasteiger partial charge is 0.238 e. The van der Waals surface area contributed by atoms with Crippen molar-refractivity contribution in [3.05, 3.63) is 30.5 Å². The van der Waals surface area contributed by atoms with Crippen LogP contribution < -0.4 is 11.1 Å². The summed E-state index contributed by atoms with van der Waals surface area (Å²) in [7, 11) is 0. The molecule has 2 aromatic rings. The number of rotatable bonds is 4. The number of nitrogens with one attached hydrogen (secondary N) is 1. The molecular weight excluding hydrogens is 242 g/mol. The minimum atomic E-state index is -0.233. The lowest BCUT2D eigenvalue weighted by molar-refractivity contribution is -0.114. The molecule has 100 valence electrons. The molecule has 19 heavy (non-hydrogen) atoms. The normalized spacial score (nSPS) is 10.7. The Morgan fingerprint density at radius 2 is 2.16 bits per heavy atom. The Balaban J connectivity index is 2.35. The van der Waals surface area contributed by atoms with E-state index in [2.05, 4.69) is 15.6 Å². The van der Waals surface area contributed by atoms with Crippen molar-refractivity contribution in [2.45, 2.75) is 19.9 Å². The third-order valence-corrected chi connectivity index (χ3v) is 2.70. The minimum absolute atomic E-state index is 0.0486. The van der Waals surface area contributed by atoms with Gasteiger partial charge in [0.25, 0.3) is 0 Å². The molecular formula is C13H17N5O. The van der Waals surface area contributed by atoms with Gasteiger partial charge in [0.15, 0.2) is 0 Å². The summed E-state index contributed by atoms with van der Waals surface area (Å²) in [6.45, 7) is 4.01. The molecule has 0 bridgehead atoms. The van der Waals surface area contributed by atoms with Crippen molar-refractivity contribution in [3.8, 4) is 11.3 Å². The summed E-state index contributed by atoms with van der Waals surface area (Å²) in [5, 5.41) is 10.9. The molecule has 1 aromatic carbocycles. The Kier molecular flexibility index (Phi) is 3.91. The molecule has 0 saturated heterocycles. The fourth-order valence-electron chi connectivity index (χ4n) is 1.67. The second kappa shape index (κ2) is 5.62. The molecule has 1 aromatic heterocycles. The maximum absolute atomic E-state index is 11.4. The average molecular weight is 259 g/mol. The van der Waals surface area contributed by atoms with E-state index in [1.807, 2.05) is 44.3 Å². The number of hydrogen-bond acceptors (Lipinski definition) is 4. The fraction of sp³-hybridized carbons (Fsp3) is 0.308. The number of benzene rings is 1. The summed E-state index contributed by atoms with van der Waals surface area (Å²) in [5.74, 6) is -0.233. The predicted molar refractivity (Wildman–Crippen MR) is 73.5 cm³/mol. The third kappa shape index (κ3) is 2.97. The van der Waals surface area contributed by atoms with E-state index in [9.17, 15) is 4.79 Å². The standard InChI is InChI=1S/C13H17N5O/c1-9(2)18-8-12(16-17-18)10-5-3-4-6-11(10)15-13(19)7-14/h3-6,8-9H,7,14H2,1-2H3,(H,15,19). The zero-order chi connectivity index (χ0) is 13.8. The second-order valence-corrected chi connectivity index (χ2v) is 4.48. The molecule has 0 radical (unpaired) electrons. The van der Waals surface area contributed by atoms with Gasteiger partial charge in [-0.3, -0.25) is 4.79 Å². The average Bonchev–Trinajstić information content (AvgIpc) is 2.89. The third-order valence-electron chi connectivity index (χ3n) is 2.70. The van der Waals surface area contributed by atoms with Crippen LogP contribution in [0.5, 0.6) is 0 Å². The summed E-state index contributed by atoms with van der Waals surface area (Å²) in [6, 6.07) is 7.69. The first-order valence-electron chi connectivity index (χ1n) is 6.13. The highest BCUT2D eigenvalue weighted by atomic mass is 16.1. The molecule has 0 atom stereocenters. The summed E-state index contributed by atoms with van der Waals surface area (Å²) in [5.41, 5.74) is 7.55. The van der Waals surface area contributed by atoms with Gasteiger partial charge in [0.05, 0.1) is 18.4 Å². The number of amides is 1. The van der Waals surface area contributed by atoms with Crippen molar-refractivity contribution in [3.63, 3.8) is 0 Å². The van der Waals surface area contributed by atoms with Crippen molar-refractivity contribution in [1.82, 2.24) is 15.0 Å². The van der Waals surface area contributed by atoms with Crippen LogP contribution in [0.25, 0.3) is 11.3 Å². The highest BCUT2D eigenvalue weighted by Crippen LogP contribution is 2.26. The van der Waals surface area contributed by atoms with E-state index in [-0.39, 0.29) is 18.5 Å². The first kappa shape index (κ1) is 13.2. The lowest BCUT2D eigenvalue weighted by atomic mass is 10.1. The van der Waals surface area contributed by atoms with Gasteiger partial charge >= 0.3 is 0 Å². The second-order valence-electron chi connectivity index (χ2n) is 4.48. The van der Waals surface area contributed by atoms with Crippen molar-refractivity contribution >= 4 is 11.6 Å². The predicted octanol–water partition coefficient (Wildman–Crippen LogP) is 1.42. The van der Waals surface area contributed by atoms with Crippen molar-refractivity contribution in [2.75, 3.05) is 11.9 Å². The molecule has 0 fully saturated rings. The Bertz CT molecular complexity index is 576. The fourth-order valence-corrected chi connectivity index (χ4v) is 1.67. The first-order chi connectivity index (χ1) is 9.11. The van der Waals surface area contributed by atoms with Gasteiger partial charge in [0.1, 0.15) is 5.69 Å². The van der Waals surface area contributed by atoms with Gasteiger partial charge in [0, 0.05) is 11.6 Å². The van der Waals surface area contributed by atoms with Crippen LogP contribution in [0.3, 0.4) is 0 Å². The molecule has 0 unspecified atom stereocenters. The first-order valence-corrected chi connectivity index (χ1v) is 6.13. The lowest BCUT2D eigenvalue weighted by Crippen LogP contribution is -2.22. The molecule has 0 spiro atoms. The van der Waals surface area contributed by atoms with Gasteiger partial charge < -0.3 is 11.1 Å². The lowest BCUT2D eigenvalue weighted by Gasteiger charge is -2.08. The van der Waals surface area contributed by atoms with Crippen molar-refractivity contribution in [1.29, 1.82) is 0 Å². The van der Waals surface area contributed by atoms with E-state index in [1.165, 1.54) is 0 Å². The monoisotopic (exact) mass is 259 g/mol. The van der Waals surface area contributed by atoms with Crippen LogP contribution in [0.15, 0.2) is 30.5 Å². The zero-order valence-electron chi connectivity index (χ0n) is 11.0. The van der Waals surface area contributed by atoms with Gasteiger partial charge in [-0.25, -0.2) is 4.68 Å². The molecule has 0 aliphatic carbocycles. The van der Waals surface area contributed by atoms with Crippen LogP contribution in [0, 0.1) is 0 Å². The van der Waals surface area contributed by atoms with Crippen LogP contribution in [0.4, 0.5) is 5.69 Å². The topological polar surface area (TPSA) is 85.8 Å². The molecule has 3 N–H and O–H groups in total. The van der Waals surface area contributed by atoms with E-state index >= 15 is 0 Å². The van der Waals surface area contributed by atoms with Gasteiger partial charge in [-0.1, -0.05) is 23.4 Å². The molecule has 0 saturated carbocycles. The molecule has 0 aliphatic heterocycles. The number of anilines is 1. The van der Waals surface area contributed by atoms with E-state index in [1.54, 1.807) is 4.68 Å². The van der Waals surface area contributed by atoms with Gasteiger partial charge in [-0.15, -0.1) is 5.10 Å². The Morgan fingerprint density at radius 1 is 1.42 bits per heavy atom. The summed E-state index contributed by atoms with van der Waals surface area (Å²) in [6.07, 6.45) is 1.86. The highest BCUT2D eigenvalue weighted by Gasteiger charge is 2.11. The Morgan fingerprint density at radius 3 is 2.79 bits per heavy atom. The summed E-state index contributed by atoms with van der Waals surface area (Å²) >= 11 is 0. The minimum Gasteiger partial charge on any atom is -0.324 e. The van der Waals surface area contributed by atoms with Crippen molar-refractivity contribution < 1.29 is 4.79 Å². The van der Waals surface area contributed by atoms with E-state index < -0.39 is 0 Å². The number of carbonyl (C=O) groups excluding carboxylic acids is 1.